The van der Waals surface area contributed by atoms with Crippen LogP contribution in [0.1, 0.15) is 78.5 Å². The van der Waals surface area contributed by atoms with E-state index in [0.29, 0.717) is 12.2 Å². The molecule has 0 aromatic heterocycles. The summed E-state index contributed by atoms with van der Waals surface area (Å²) in [6, 6.07) is 3.88. The summed E-state index contributed by atoms with van der Waals surface area (Å²) in [7, 11) is 0. The van der Waals surface area contributed by atoms with Gasteiger partial charge in [0.2, 0.25) is 0 Å². The number of carboxylic acid groups (broad SMARTS) is 1. The van der Waals surface area contributed by atoms with Crippen molar-refractivity contribution in [2.24, 2.45) is 0 Å². The first-order valence-electron chi connectivity index (χ1n) is 8.01. The van der Waals surface area contributed by atoms with Gasteiger partial charge in [0.1, 0.15) is 5.75 Å². The molecule has 0 amide bonds. The van der Waals surface area contributed by atoms with Crippen LogP contribution in [0.25, 0.3) is 0 Å². The highest BCUT2D eigenvalue weighted by Crippen LogP contribution is 2.39. The van der Waals surface area contributed by atoms with E-state index in [1.165, 1.54) is 0 Å². The van der Waals surface area contributed by atoms with Crippen molar-refractivity contribution < 1.29 is 15.0 Å². The van der Waals surface area contributed by atoms with Gasteiger partial charge >= 0.3 is 5.97 Å². The van der Waals surface area contributed by atoms with E-state index in [4.69, 9.17) is 5.11 Å². The molecule has 0 aliphatic heterocycles. The summed E-state index contributed by atoms with van der Waals surface area (Å²) >= 11 is 0. The molecule has 3 nitrogen and oxygen atoms in total. The normalized spacial score (nSPS) is 11.6. The molecule has 126 valence electrons. The van der Waals surface area contributed by atoms with E-state index in [1.54, 1.807) is 0 Å². The minimum Gasteiger partial charge on any atom is -0.507 e. The number of aliphatic carboxylic acids is 1. The van der Waals surface area contributed by atoms with Crippen LogP contribution in [0.3, 0.4) is 0 Å². The van der Waals surface area contributed by atoms with E-state index in [2.05, 4.69) is 41.5 Å². The molecule has 0 bridgehead atoms. The number of benzene rings is 1. The molecule has 0 unspecified atom stereocenters. The molecule has 3 heteroatoms. The maximum atomic E-state index is 10.8. The molecular weight excluding hydrogens is 276 g/mol. The number of hydrogen-bond donors (Lipinski definition) is 2. The number of rotatable bonds is 3. The third-order valence-corrected chi connectivity index (χ3v) is 3.41. The van der Waals surface area contributed by atoms with Crippen molar-refractivity contribution in [2.45, 2.75) is 79.1 Å². The van der Waals surface area contributed by atoms with Crippen molar-refractivity contribution in [1.82, 2.24) is 0 Å². The standard InChI is InChI=1S/C17H26O3.C2H6/c1-16(2,3)12-9-11(7-8-14(18)19)10-13(15(12)20)17(4,5)6;1-2/h9-10,20H,7-8H2,1-6H3,(H,18,19);1-2H3. The Morgan fingerprint density at radius 1 is 0.955 bits per heavy atom. The molecule has 0 heterocycles. The van der Waals surface area contributed by atoms with Crippen molar-refractivity contribution in [2.75, 3.05) is 0 Å². The lowest BCUT2D eigenvalue weighted by molar-refractivity contribution is -0.136. The van der Waals surface area contributed by atoms with E-state index < -0.39 is 5.97 Å². The molecule has 2 N–H and O–H groups in total. The minimum atomic E-state index is -0.798. The maximum absolute atomic E-state index is 10.8. The van der Waals surface area contributed by atoms with Crippen LogP contribution in [0, 0.1) is 0 Å². The quantitative estimate of drug-likeness (QED) is 0.823. The molecule has 1 aromatic carbocycles. The Balaban J connectivity index is 0.00000211. The number of carbonyl (C=O) groups is 1. The predicted octanol–water partition coefficient (Wildman–Crippen LogP) is 5.03. The molecule has 0 atom stereocenters. The van der Waals surface area contributed by atoms with Crippen LogP contribution in [0.2, 0.25) is 0 Å². The van der Waals surface area contributed by atoms with Gasteiger partial charge in [-0.15, -0.1) is 0 Å². The Hall–Kier alpha value is -1.51. The largest absolute Gasteiger partial charge is 0.507 e. The summed E-state index contributed by atoms with van der Waals surface area (Å²) in [5, 5.41) is 19.4. The van der Waals surface area contributed by atoms with Gasteiger partial charge in [0.15, 0.2) is 0 Å². The molecule has 22 heavy (non-hydrogen) atoms. The lowest BCUT2D eigenvalue weighted by atomic mass is 9.78. The Bertz CT molecular complexity index is 467. The van der Waals surface area contributed by atoms with Crippen molar-refractivity contribution in [3.8, 4) is 5.75 Å². The van der Waals surface area contributed by atoms with Crippen molar-refractivity contribution in [1.29, 1.82) is 0 Å². The van der Waals surface area contributed by atoms with Gasteiger partial charge in [-0.1, -0.05) is 67.5 Å². The highest BCUT2D eigenvalue weighted by Gasteiger charge is 2.26. The SMILES string of the molecule is CC.CC(C)(C)c1cc(CCC(=O)O)cc(C(C)(C)C)c1O. The van der Waals surface area contributed by atoms with Crippen LogP contribution in [-0.2, 0) is 22.0 Å². The summed E-state index contributed by atoms with van der Waals surface area (Å²) in [4.78, 5) is 10.8. The fourth-order valence-electron chi connectivity index (χ4n) is 2.23. The summed E-state index contributed by atoms with van der Waals surface area (Å²) in [5.74, 6) is -0.461. The van der Waals surface area contributed by atoms with Crippen molar-refractivity contribution in [3.05, 3.63) is 28.8 Å². The van der Waals surface area contributed by atoms with Gasteiger partial charge in [-0.25, -0.2) is 0 Å². The number of aromatic hydroxyl groups is 1. The predicted molar refractivity (Wildman–Crippen MR) is 92.8 cm³/mol. The van der Waals surface area contributed by atoms with Gasteiger partial charge in [0.05, 0.1) is 0 Å². The molecule has 1 aromatic rings. The summed E-state index contributed by atoms with van der Waals surface area (Å²) in [5.41, 5.74) is 2.38. The topological polar surface area (TPSA) is 57.5 Å². The van der Waals surface area contributed by atoms with Gasteiger partial charge in [-0.3, -0.25) is 4.79 Å². The maximum Gasteiger partial charge on any atom is 0.303 e. The molecule has 0 saturated carbocycles. The van der Waals surface area contributed by atoms with Gasteiger partial charge in [-0.05, 0) is 33.9 Å². The second kappa shape index (κ2) is 7.66. The van der Waals surface area contributed by atoms with E-state index in [-0.39, 0.29) is 17.3 Å². The minimum absolute atomic E-state index is 0.109. The highest BCUT2D eigenvalue weighted by molar-refractivity contribution is 5.67. The summed E-state index contributed by atoms with van der Waals surface area (Å²) < 4.78 is 0. The molecule has 0 fully saturated rings. The van der Waals surface area contributed by atoms with Gasteiger partial charge in [-0.2, -0.15) is 0 Å². The first kappa shape index (κ1) is 20.5. The lowest BCUT2D eigenvalue weighted by Gasteiger charge is -2.28. The Labute approximate surface area is 135 Å². The molecule has 1 rings (SSSR count). The van der Waals surface area contributed by atoms with Crippen LogP contribution >= 0.6 is 0 Å². The fraction of sp³-hybridized carbons (Fsp3) is 0.632. The molecule has 0 radical (unpaired) electrons. The van der Waals surface area contributed by atoms with E-state index >= 15 is 0 Å². The Morgan fingerprint density at radius 2 is 1.32 bits per heavy atom. The lowest BCUT2D eigenvalue weighted by Crippen LogP contribution is -2.18. The zero-order valence-electron chi connectivity index (χ0n) is 15.4. The average molecular weight is 308 g/mol. The number of phenols is 1. The molecule has 0 aliphatic rings. The first-order chi connectivity index (χ1) is 9.93. The Morgan fingerprint density at radius 3 is 1.59 bits per heavy atom. The van der Waals surface area contributed by atoms with Crippen molar-refractivity contribution in [3.63, 3.8) is 0 Å². The van der Waals surface area contributed by atoms with E-state index in [9.17, 15) is 9.90 Å². The van der Waals surface area contributed by atoms with Gasteiger partial charge < -0.3 is 10.2 Å². The summed E-state index contributed by atoms with van der Waals surface area (Å²) in [6.07, 6.45) is 0.597. The van der Waals surface area contributed by atoms with Crippen molar-refractivity contribution >= 4 is 5.97 Å². The third-order valence-electron chi connectivity index (χ3n) is 3.41. The molecule has 0 spiro atoms. The third kappa shape index (κ3) is 5.70. The van der Waals surface area contributed by atoms with Crippen LogP contribution in [0.5, 0.6) is 5.75 Å². The van der Waals surface area contributed by atoms with Gasteiger partial charge in [0.25, 0.3) is 0 Å². The monoisotopic (exact) mass is 308 g/mol. The Kier molecular flexibility index (Phi) is 7.14. The van der Waals surface area contributed by atoms with E-state index in [0.717, 1.165) is 16.7 Å². The zero-order valence-corrected chi connectivity index (χ0v) is 15.4. The fourth-order valence-corrected chi connectivity index (χ4v) is 2.23. The highest BCUT2D eigenvalue weighted by atomic mass is 16.4. The number of hydrogen-bond acceptors (Lipinski definition) is 2. The van der Waals surface area contributed by atoms with Crippen LogP contribution < -0.4 is 0 Å². The van der Waals surface area contributed by atoms with Gasteiger partial charge in [0, 0.05) is 6.42 Å². The first-order valence-corrected chi connectivity index (χ1v) is 8.01. The second-order valence-corrected chi connectivity index (χ2v) is 7.43. The van der Waals surface area contributed by atoms with Crippen LogP contribution in [0.4, 0.5) is 0 Å². The van der Waals surface area contributed by atoms with Crippen LogP contribution in [0.15, 0.2) is 12.1 Å². The summed E-state index contributed by atoms with van der Waals surface area (Å²) in [6.45, 7) is 16.3. The smallest absolute Gasteiger partial charge is 0.303 e. The van der Waals surface area contributed by atoms with Crippen LogP contribution in [-0.4, -0.2) is 16.2 Å². The second-order valence-electron chi connectivity index (χ2n) is 7.43. The average Bonchev–Trinajstić information content (AvgIpc) is 2.37. The molecule has 0 saturated heterocycles. The molecular formula is C19H32O3. The number of aryl methyl sites for hydroxylation is 1. The molecule has 0 aliphatic carbocycles. The number of carboxylic acids is 1. The zero-order chi connectivity index (χ0) is 17.7. The van der Waals surface area contributed by atoms with E-state index in [1.807, 2.05) is 26.0 Å². The number of phenolic OH excluding ortho intramolecular Hbond substituents is 1.